The number of nitrogens with zero attached hydrogens (tertiary/aromatic N) is 1. The van der Waals surface area contributed by atoms with Crippen LogP contribution in [0, 0.1) is 6.92 Å². The normalized spacial score (nSPS) is 16.4. The number of carbonyl (C=O) groups excluding carboxylic acids is 1. The first-order valence-electron chi connectivity index (χ1n) is 10.6. The third-order valence-electron chi connectivity index (χ3n) is 6.22. The molecule has 0 unspecified atom stereocenters. The van der Waals surface area contributed by atoms with Crippen LogP contribution in [-0.4, -0.2) is 33.8 Å². The lowest BCUT2D eigenvalue weighted by atomic mass is 9.94. The summed E-state index contributed by atoms with van der Waals surface area (Å²) in [4.78, 5) is 18.1. The minimum absolute atomic E-state index is 0.0775. The van der Waals surface area contributed by atoms with Crippen LogP contribution in [0.4, 0.5) is 5.82 Å². The van der Waals surface area contributed by atoms with Gasteiger partial charge in [-0.2, -0.15) is 0 Å². The van der Waals surface area contributed by atoms with Crippen molar-refractivity contribution in [2.75, 3.05) is 19.2 Å². The van der Waals surface area contributed by atoms with Crippen molar-refractivity contribution >= 4 is 22.5 Å². The Morgan fingerprint density at radius 3 is 2.42 bits per heavy atom. The lowest BCUT2D eigenvalue weighted by Gasteiger charge is -2.31. The molecule has 1 saturated carbocycles. The van der Waals surface area contributed by atoms with Crippen molar-refractivity contribution in [3.8, 4) is 22.6 Å². The number of aryl methyl sites for hydroxylation is 1. The Bertz CT molecular complexity index is 1230. The summed E-state index contributed by atoms with van der Waals surface area (Å²) in [5.41, 5.74) is 2.95. The zero-order chi connectivity index (χ0) is 23.2. The molecule has 0 saturated heterocycles. The fraction of sp³-hybridized carbons (Fsp3) is 0.250. The maximum absolute atomic E-state index is 13.2. The van der Waals surface area contributed by atoms with E-state index in [0.29, 0.717) is 22.2 Å². The summed E-state index contributed by atoms with van der Waals surface area (Å²) in [7, 11) is -1.49. The highest BCUT2D eigenvalue weighted by molar-refractivity contribution is 8.22. The summed E-state index contributed by atoms with van der Waals surface area (Å²) < 4.78 is 33.3. The zero-order valence-corrected chi connectivity index (χ0v) is 19.1. The molecule has 2 aliphatic rings. The molecule has 0 atom stereocenters. The Balaban J connectivity index is 1.33. The van der Waals surface area contributed by atoms with Gasteiger partial charge in [0.2, 0.25) is 12.7 Å². The molecular formula is C24H25N3O5S. The first kappa shape index (κ1) is 21.7. The van der Waals surface area contributed by atoms with E-state index in [2.05, 4.69) is 15.0 Å². The van der Waals surface area contributed by atoms with Crippen LogP contribution in [0.1, 0.15) is 24.0 Å². The van der Waals surface area contributed by atoms with E-state index >= 15 is 0 Å². The highest BCUT2D eigenvalue weighted by Gasteiger charge is 2.51. The lowest BCUT2D eigenvalue weighted by molar-refractivity contribution is -0.118. The van der Waals surface area contributed by atoms with Crippen molar-refractivity contribution in [3.05, 3.63) is 65.9 Å². The van der Waals surface area contributed by atoms with Crippen LogP contribution in [0.25, 0.3) is 11.1 Å². The number of rotatable bonds is 6. The average molecular weight is 468 g/mol. The molecule has 1 aliphatic carbocycles. The second-order valence-corrected chi connectivity index (χ2v) is 10.2. The maximum atomic E-state index is 13.2. The SMILES string of the molecule is CNS(O)(O)c1ccc(-c2cnc(NC(=O)C3(c4ccc5c(c4)OCO5)CC3)c(C)c2)cc1. The summed E-state index contributed by atoms with van der Waals surface area (Å²) in [5, 5.41) is 3.00. The predicted octanol–water partition coefficient (Wildman–Crippen LogP) is 4.70. The quantitative estimate of drug-likeness (QED) is 0.416. The van der Waals surface area contributed by atoms with Crippen LogP contribution >= 0.6 is 10.8 Å². The fourth-order valence-electron chi connectivity index (χ4n) is 4.01. The van der Waals surface area contributed by atoms with Gasteiger partial charge in [-0.05, 0) is 66.8 Å². The van der Waals surface area contributed by atoms with Gasteiger partial charge in [0, 0.05) is 18.8 Å². The predicted molar refractivity (Wildman–Crippen MR) is 127 cm³/mol. The van der Waals surface area contributed by atoms with Crippen LogP contribution in [0.2, 0.25) is 0 Å². The molecule has 9 heteroatoms. The van der Waals surface area contributed by atoms with E-state index < -0.39 is 16.2 Å². The van der Waals surface area contributed by atoms with Gasteiger partial charge in [-0.25, -0.2) is 9.71 Å². The number of hydrogen-bond acceptors (Lipinski definition) is 7. The van der Waals surface area contributed by atoms with E-state index in [0.717, 1.165) is 35.1 Å². The monoisotopic (exact) mass is 467 g/mol. The Morgan fingerprint density at radius 2 is 1.76 bits per heavy atom. The molecule has 0 bridgehead atoms. The molecule has 0 spiro atoms. The molecule has 2 heterocycles. The van der Waals surface area contributed by atoms with Gasteiger partial charge in [0.15, 0.2) is 11.5 Å². The molecule has 4 N–H and O–H groups in total. The van der Waals surface area contributed by atoms with Crippen LogP contribution in [-0.2, 0) is 10.2 Å². The topological polar surface area (TPSA) is 113 Å². The van der Waals surface area contributed by atoms with Crippen molar-refractivity contribution < 1.29 is 23.4 Å². The van der Waals surface area contributed by atoms with E-state index in [1.165, 1.54) is 7.05 Å². The summed E-state index contributed by atoms with van der Waals surface area (Å²) in [6.07, 6.45) is 3.25. The summed E-state index contributed by atoms with van der Waals surface area (Å²) in [6, 6.07) is 14.6. The molecule has 33 heavy (non-hydrogen) atoms. The first-order chi connectivity index (χ1) is 15.8. The number of aromatic nitrogens is 1. The van der Waals surface area contributed by atoms with Crippen molar-refractivity contribution in [2.24, 2.45) is 0 Å². The molecule has 8 nitrogen and oxygen atoms in total. The highest BCUT2D eigenvalue weighted by atomic mass is 32.3. The van der Waals surface area contributed by atoms with E-state index in [-0.39, 0.29) is 12.7 Å². The molecule has 1 amide bonds. The van der Waals surface area contributed by atoms with E-state index in [1.54, 1.807) is 18.3 Å². The second-order valence-electron chi connectivity index (χ2n) is 8.27. The second kappa shape index (κ2) is 8.03. The van der Waals surface area contributed by atoms with Crippen molar-refractivity contribution in [3.63, 3.8) is 0 Å². The molecular weight excluding hydrogens is 442 g/mol. The Labute approximate surface area is 193 Å². The largest absolute Gasteiger partial charge is 0.454 e. The van der Waals surface area contributed by atoms with E-state index in [9.17, 15) is 13.9 Å². The van der Waals surface area contributed by atoms with Crippen molar-refractivity contribution in [2.45, 2.75) is 30.1 Å². The van der Waals surface area contributed by atoms with Crippen molar-refractivity contribution in [1.82, 2.24) is 9.71 Å². The van der Waals surface area contributed by atoms with Gasteiger partial charge in [0.25, 0.3) is 0 Å². The maximum Gasteiger partial charge on any atom is 0.236 e. The minimum Gasteiger partial charge on any atom is -0.454 e. The van der Waals surface area contributed by atoms with Gasteiger partial charge in [-0.15, -0.1) is 10.8 Å². The number of pyridine rings is 1. The molecule has 0 radical (unpaired) electrons. The number of ether oxygens (including phenoxy) is 2. The molecule has 2 aromatic carbocycles. The molecule has 5 rings (SSSR count). The van der Waals surface area contributed by atoms with Gasteiger partial charge < -0.3 is 14.8 Å². The number of anilines is 1. The number of benzene rings is 2. The van der Waals surface area contributed by atoms with Gasteiger partial charge in [-0.3, -0.25) is 13.9 Å². The number of fused-ring (bicyclic) bond motifs is 1. The number of amides is 1. The Morgan fingerprint density at radius 1 is 1.03 bits per heavy atom. The molecule has 1 aromatic heterocycles. The first-order valence-corrected chi connectivity index (χ1v) is 12.1. The van der Waals surface area contributed by atoms with Crippen LogP contribution in [0.5, 0.6) is 11.5 Å². The zero-order valence-electron chi connectivity index (χ0n) is 18.3. The molecule has 172 valence electrons. The Hall–Kier alpha value is -3.11. The molecule has 1 fully saturated rings. The van der Waals surface area contributed by atoms with Gasteiger partial charge in [-0.1, -0.05) is 18.2 Å². The average Bonchev–Trinajstić information content (AvgIpc) is 3.51. The summed E-state index contributed by atoms with van der Waals surface area (Å²) in [6.45, 7) is 2.10. The highest BCUT2D eigenvalue weighted by Crippen LogP contribution is 2.51. The van der Waals surface area contributed by atoms with Crippen molar-refractivity contribution in [1.29, 1.82) is 0 Å². The lowest BCUT2D eigenvalue weighted by Crippen LogP contribution is -2.28. The molecule has 1 aliphatic heterocycles. The van der Waals surface area contributed by atoms with Gasteiger partial charge >= 0.3 is 0 Å². The minimum atomic E-state index is -2.99. The summed E-state index contributed by atoms with van der Waals surface area (Å²) >= 11 is 0. The number of carbonyl (C=O) groups is 1. The number of hydrogen-bond donors (Lipinski definition) is 4. The van der Waals surface area contributed by atoms with E-state index in [4.69, 9.17) is 9.47 Å². The number of nitrogens with one attached hydrogen (secondary N) is 2. The smallest absolute Gasteiger partial charge is 0.236 e. The Kier molecular flexibility index (Phi) is 5.29. The van der Waals surface area contributed by atoms with Gasteiger partial charge in [0.1, 0.15) is 5.82 Å². The fourth-order valence-corrected chi connectivity index (χ4v) is 4.76. The van der Waals surface area contributed by atoms with Crippen LogP contribution < -0.4 is 19.5 Å². The van der Waals surface area contributed by atoms with Crippen LogP contribution in [0.3, 0.4) is 0 Å². The molecule has 3 aromatic rings. The third-order valence-corrected chi connectivity index (χ3v) is 7.72. The third kappa shape index (κ3) is 3.93. The van der Waals surface area contributed by atoms with Gasteiger partial charge in [0.05, 0.1) is 10.3 Å². The summed E-state index contributed by atoms with van der Waals surface area (Å²) in [5.74, 6) is 1.82. The van der Waals surface area contributed by atoms with Crippen LogP contribution in [0.15, 0.2) is 59.6 Å². The van der Waals surface area contributed by atoms with E-state index in [1.807, 2.05) is 43.3 Å². The standard InChI is InChI=1S/C24H25N3O5S/c1-15-11-17(16-3-6-19(7-4-16)33(29,30)25-2)13-26-22(15)27-23(28)24(9-10-24)18-5-8-20-21(12-18)32-14-31-20/h3-8,11-13,25,29-30H,9-10,14H2,1-2H3,(H,26,27,28).